The standard InChI is InChI=1S/C13H14O5/c1-17-8-11(13(16)18-2)10-5-3-9(4-6-10)7-12(14)15/h3-6,8H,7H2,1-2H3,(H,14,15)/b11-8-. The zero-order valence-corrected chi connectivity index (χ0v) is 10.2. The number of methoxy groups -OCH3 is 2. The van der Waals surface area contributed by atoms with Crippen molar-refractivity contribution in [3.63, 3.8) is 0 Å². The smallest absolute Gasteiger partial charge is 0.341 e. The van der Waals surface area contributed by atoms with E-state index in [1.165, 1.54) is 20.5 Å². The van der Waals surface area contributed by atoms with Crippen molar-refractivity contribution in [2.45, 2.75) is 6.42 Å². The highest BCUT2D eigenvalue weighted by Gasteiger charge is 2.13. The summed E-state index contributed by atoms with van der Waals surface area (Å²) in [4.78, 5) is 22.0. The molecule has 0 aliphatic carbocycles. The lowest BCUT2D eigenvalue weighted by Crippen LogP contribution is -2.05. The predicted molar refractivity (Wildman–Crippen MR) is 64.8 cm³/mol. The van der Waals surface area contributed by atoms with E-state index in [1.807, 2.05) is 0 Å². The Bertz CT molecular complexity index is 459. The van der Waals surface area contributed by atoms with Crippen LogP contribution in [0.4, 0.5) is 0 Å². The van der Waals surface area contributed by atoms with Gasteiger partial charge in [-0.05, 0) is 11.1 Å². The van der Waals surface area contributed by atoms with E-state index in [0.29, 0.717) is 11.1 Å². The number of hydrogen-bond acceptors (Lipinski definition) is 4. The van der Waals surface area contributed by atoms with E-state index in [9.17, 15) is 9.59 Å². The van der Waals surface area contributed by atoms with Crippen LogP contribution in [0.1, 0.15) is 11.1 Å². The molecular formula is C13H14O5. The molecule has 0 spiro atoms. The molecule has 0 bridgehead atoms. The van der Waals surface area contributed by atoms with Gasteiger partial charge in [-0.15, -0.1) is 0 Å². The first-order valence-corrected chi connectivity index (χ1v) is 5.21. The number of ether oxygens (including phenoxy) is 2. The van der Waals surface area contributed by atoms with Crippen LogP contribution in [0.3, 0.4) is 0 Å². The largest absolute Gasteiger partial charge is 0.503 e. The van der Waals surface area contributed by atoms with Gasteiger partial charge in [-0.25, -0.2) is 4.79 Å². The second-order valence-corrected chi connectivity index (χ2v) is 3.53. The molecule has 0 saturated heterocycles. The number of rotatable bonds is 5. The van der Waals surface area contributed by atoms with Crippen LogP contribution < -0.4 is 0 Å². The number of carboxylic acids is 1. The van der Waals surface area contributed by atoms with E-state index in [2.05, 4.69) is 4.74 Å². The second kappa shape index (κ2) is 6.44. The van der Waals surface area contributed by atoms with Crippen LogP contribution in [0.2, 0.25) is 0 Å². The predicted octanol–water partition coefficient (Wildman–Crippen LogP) is 1.47. The van der Waals surface area contributed by atoms with Gasteiger partial charge in [-0.3, -0.25) is 4.79 Å². The van der Waals surface area contributed by atoms with Crippen LogP contribution >= 0.6 is 0 Å². The molecule has 0 aliphatic rings. The third-order valence-electron chi connectivity index (χ3n) is 2.26. The van der Waals surface area contributed by atoms with Crippen molar-refractivity contribution < 1.29 is 24.2 Å². The quantitative estimate of drug-likeness (QED) is 0.486. The van der Waals surface area contributed by atoms with Crippen molar-refractivity contribution in [1.29, 1.82) is 0 Å². The molecule has 0 atom stereocenters. The lowest BCUT2D eigenvalue weighted by Gasteiger charge is -2.06. The zero-order chi connectivity index (χ0) is 13.5. The van der Waals surface area contributed by atoms with Gasteiger partial charge in [0.05, 0.1) is 26.9 Å². The zero-order valence-electron chi connectivity index (χ0n) is 10.2. The highest BCUT2D eigenvalue weighted by molar-refractivity contribution is 6.16. The molecule has 1 N–H and O–H groups in total. The van der Waals surface area contributed by atoms with E-state index in [4.69, 9.17) is 9.84 Å². The monoisotopic (exact) mass is 250 g/mol. The van der Waals surface area contributed by atoms with E-state index in [-0.39, 0.29) is 12.0 Å². The Labute approximate surface area is 105 Å². The molecular weight excluding hydrogens is 236 g/mol. The molecule has 0 unspecified atom stereocenters. The second-order valence-electron chi connectivity index (χ2n) is 3.53. The Balaban J connectivity index is 2.98. The molecule has 0 radical (unpaired) electrons. The molecule has 0 amide bonds. The summed E-state index contributed by atoms with van der Waals surface area (Å²) >= 11 is 0. The number of esters is 1. The van der Waals surface area contributed by atoms with Crippen molar-refractivity contribution in [2.24, 2.45) is 0 Å². The van der Waals surface area contributed by atoms with Gasteiger partial charge in [0, 0.05) is 0 Å². The Kier molecular flexibility index (Phi) is 4.92. The molecule has 18 heavy (non-hydrogen) atoms. The van der Waals surface area contributed by atoms with Crippen molar-refractivity contribution in [1.82, 2.24) is 0 Å². The number of carbonyl (C=O) groups excluding carboxylic acids is 1. The van der Waals surface area contributed by atoms with Gasteiger partial charge in [0.1, 0.15) is 5.57 Å². The van der Waals surface area contributed by atoms with Gasteiger partial charge in [0.2, 0.25) is 0 Å². The molecule has 96 valence electrons. The number of hydrogen-bond donors (Lipinski definition) is 1. The van der Waals surface area contributed by atoms with Gasteiger partial charge in [0.25, 0.3) is 0 Å². The summed E-state index contributed by atoms with van der Waals surface area (Å²) in [7, 11) is 2.71. The Morgan fingerprint density at radius 3 is 2.28 bits per heavy atom. The molecule has 1 aromatic carbocycles. The molecule has 0 heterocycles. The topological polar surface area (TPSA) is 72.8 Å². The van der Waals surface area contributed by atoms with E-state index < -0.39 is 11.9 Å². The summed E-state index contributed by atoms with van der Waals surface area (Å²) in [5.74, 6) is -1.41. The molecule has 1 aromatic rings. The number of aliphatic carboxylic acids is 1. The fourth-order valence-corrected chi connectivity index (χ4v) is 1.44. The Morgan fingerprint density at radius 2 is 1.83 bits per heavy atom. The lowest BCUT2D eigenvalue weighted by atomic mass is 10.0. The van der Waals surface area contributed by atoms with Crippen molar-refractivity contribution in [3.8, 4) is 0 Å². The van der Waals surface area contributed by atoms with Gasteiger partial charge >= 0.3 is 11.9 Å². The van der Waals surface area contributed by atoms with Crippen LogP contribution in [0.25, 0.3) is 5.57 Å². The van der Waals surface area contributed by atoms with Crippen LogP contribution in [-0.2, 0) is 25.5 Å². The molecule has 5 nitrogen and oxygen atoms in total. The maximum absolute atomic E-state index is 11.5. The number of carboxylic acid groups (broad SMARTS) is 1. The lowest BCUT2D eigenvalue weighted by molar-refractivity contribution is -0.136. The third kappa shape index (κ3) is 3.62. The first-order valence-electron chi connectivity index (χ1n) is 5.21. The number of carbonyl (C=O) groups is 2. The van der Waals surface area contributed by atoms with Gasteiger partial charge in [-0.2, -0.15) is 0 Å². The summed E-state index contributed by atoms with van der Waals surface area (Å²) in [5.41, 5.74) is 1.55. The fourth-order valence-electron chi connectivity index (χ4n) is 1.44. The normalized spacial score (nSPS) is 10.9. The Hall–Kier alpha value is -2.30. The summed E-state index contributed by atoms with van der Waals surface area (Å²) in [6.07, 6.45) is 1.24. The van der Waals surface area contributed by atoms with E-state index >= 15 is 0 Å². The number of benzene rings is 1. The third-order valence-corrected chi connectivity index (χ3v) is 2.26. The minimum absolute atomic E-state index is 0.0537. The first-order chi connectivity index (χ1) is 8.58. The molecule has 1 rings (SSSR count). The maximum Gasteiger partial charge on any atom is 0.341 e. The summed E-state index contributed by atoms with van der Waals surface area (Å²) in [6.45, 7) is 0. The van der Waals surface area contributed by atoms with E-state index in [1.54, 1.807) is 24.3 Å². The molecule has 0 fully saturated rings. The average Bonchev–Trinajstić information content (AvgIpc) is 2.35. The minimum atomic E-state index is -0.900. The van der Waals surface area contributed by atoms with Gasteiger partial charge in [-0.1, -0.05) is 24.3 Å². The fraction of sp³-hybridized carbons (Fsp3) is 0.231. The van der Waals surface area contributed by atoms with Crippen molar-refractivity contribution in [3.05, 3.63) is 41.7 Å². The van der Waals surface area contributed by atoms with Gasteiger partial charge < -0.3 is 14.6 Å². The molecule has 5 heteroatoms. The highest BCUT2D eigenvalue weighted by Crippen LogP contribution is 2.17. The van der Waals surface area contributed by atoms with Crippen LogP contribution in [0, 0.1) is 0 Å². The highest BCUT2D eigenvalue weighted by atomic mass is 16.5. The maximum atomic E-state index is 11.5. The van der Waals surface area contributed by atoms with Crippen LogP contribution in [0.15, 0.2) is 30.5 Å². The summed E-state index contributed by atoms with van der Waals surface area (Å²) in [5, 5.41) is 8.65. The van der Waals surface area contributed by atoms with Gasteiger partial charge in [0.15, 0.2) is 0 Å². The summed E-state index contributed by atoms with van der Waals surface area (Å²) < 4.78 is 9.45. The van der Waals surface area contributed by atoms with E-state index in [0.717, 1.165) is 0 Å². The Morgan fingerprint density at radius 1 is 1.22 bits per heavy atom. The SMILES string of the molecule is CO/C=C(\C(=O)OC)c1ccc(CC(=O)O)cc1. The summed E-state index contributed by atoms with van der Waals surface area (Å²) in [6, 6.07) is 6.60. The van der Waals surface area contributed by atoms with Crippen molar-refractivity contribution in [2.75, 3.05) is 14.2 Å². The average molecular weight is 250 g/mol. The molecule has 0 aliphatic heterocycles. The van der Waals surface area contributed by atoms with Crippen LogP contribution in [-0.4, -0.2) is 31.3 Å². The minimum Gasteiger partial charge on any atom is -0.503 e. The van der Waals surface area contributed by atoms with Crippen molar-refractivity contribution >= 4 is 17.5 Å². The van der Waals surface area contributed by atoms with Crippen LogP contribution in [0.5, 0.6) is 0 Å². The molecule has 0 aromatic heterocycles. The first kappa shape index (κ1) is 13.8. The molecule has 0 saturated carbocycles.